The van der Waals surface area contributed by atoms with Crippen LogP contribution in [0.2, 0.25) is 15.1 Å². The highest BCUT2D eigenvalue weighted by Gasteiger charge is 2.24. The van der Waals surface area contributed by atoms with Crippen LogP contribution in [0.4, 0.5) is 11.4 Å². The first kappa shape index (κ1) is 19.8. The van der Waals surface area contributed by atoms with E-state index in [4.69, 9.17) is 34.8 Å². The first-order valence-electron chi connectivity index (χ1n) is 7.06. The zero-order valence-corrected chi connectivity index (χ0v) is 16.5. The molecule has 0 aliphatic carbocycles. The molecule has 0 spiro atoms. The van der Waals surface area contributed by atoms with Gasteiger partial charge in [-0.05, 0) is 31.2 Å². The van der Waals surface area contributed by atoms with Crippen LogP contribution < -0.4 is 9.62 Å². The number of amides is 1. The number of carbonyl (C=O) groups is 1. The lowest BCUT2D eigenvalue weighted by atomic mass is 10.2. The van der Waals surface area contributed by atoms with E-state index in [1.54, 1.807) is 12.1 Å². The molecule has 2 aromatic carbocycles. The average Bonchev–Trinajstić information content (AvgIpc) is 2.50. The van der Waals surface area contributed by atoms with Gasteiger partial charge >= 0.3 is 0 Å². The molecule has 5 nitrogen and oxygen atoms in total. The predicted octanol–water partition coefficient (Wildman–Crippen LogP) is 4.36. The molecule has 0 aromatic heterocycles. The number of nitrogens with zero attached hydrogens (tertiary/aromatic N) is 1. The Morgan fingerprint density at radius 3 is 2.16 bits per heavy atom. The van der Waals surface area contributed by atoms with E-state index in [0.717, 1.165) is 16.1 Å². The molecule has 0 aliphatic heterocycles. The normalized spacial score (nSPS) is 11.2. The van der Waals surface area contributed by atoms with Crippen LogP contribution >= 0.6 is 34.8 Å². The Hall–Kier alpha value is -1.47. The molecule has 0 aliphatic rings. The third kappa shape index (κ3) is 5.25. The maximum atomic E-state index is 12.3. The number of hydrogen-bond donors (Lipinski definition) is 1. The van der Waals surface area contributed by atoms with Gasteiger partial charge in [0.25, 0.3) is 0 Å². The molecule has 9 heteroatoms. The monoisotopic (exact) mass is 420 g/mol. The molecule has 1 N–H and O–H groups in total. The third-order valence-corrected chi connectivity index (χ3v) is 5.43. The van der Waals surface area contributed by atoms with Gasteiger partial charge in [-0.25, -0.2) is 8.42 Å². The van der Waals surface area contributed by atoms with Crippen molar-refractivity contribution in [2.75, 3.05) is 22.4 Å². The largest absolute Gasteiger partial charge is 0.325 e. The molecule has 2 rings (SSSR count). The van der Waals surface area contributed by atoms with Crippen molar-refractivity contribution in [3.8, 4) is 0 Å². The van der Waals surface area contributed by atoms with Gasteiger partial charge in [-0.15, -0.1) is 0 Å². The third-order valence-electron chi connectivity index (χ3n) is 3.28. The first-order valence-corrected chi connectivity index (χ1v) is 10.0. The zero-order valence-electron chi connectivity index (χ0n) is 13.4. The van der Waals surface area contributed by atoms with E-state index in [1.807, 2.05) is 19.1 Å². The number of sulfonamides is 1. The van der Waals surface area contributed by atoms with E-state index in [0.29, 0.717) is 5.69 Å². The van der Waals surface area contributed by atoms with Crippen molar-refractivity contribution in [1.82, 2.24) is 0 Å². The number of anilines is 2. The van der Waals surface area contributed by atoms with Crippen molar-refractivity contribution in [2.45, 2.75) is 6.92 Å². The van der Waals surface area contributed by atoms with E-state index in [2.05, 4.69) is 5.32 Å². The molecule has 0 saturated carbocycles. The summed E-state index contributed by atoms with van der Waals surface area (Å²) in [5, 5.41) is 3.03. The van der Waals surface area contributed by atoms with Crippen molar-refractivity contribution in [2.24, 2.45) is 0 Å². The van der Waals surface area contributed by atoms with Gasteiger partial charge < -0.3 is 5.32 Å². The molecule has 0 bridgehead atoms. The van der Waals surface area contributed by atoms with Gasteiger partial charge in [-0.3, -0.25) is 9.10 Å². The Morgan fingerprint density at radius 1 is 1.04 bits per heavy atom. The number of nitrogens with one attached hydrogen (secondary N) is 1. The maximum Gasteiger partial charge on any atom is 0.245 e. The number of halogens is 3. The lowest BCUT2D eigenvalue weighted by Crippen LogP contribution is -2.37. The summed E-state index contributed by atoms with van der Waals surface area (Å²) >= 11 is 17.9. The van der Waals surface area contributed by atoms with Gasteiger partial charge in [0.2, 0.25) is 15.9 Å². The van der Waals surface area contributed by atoms with Gasteiger partial charge in [0.15, 0.2) is 0 Å². The smallest absolute Gasteiger partial charge is 0.245 e. The van der Waals surface area contributed by atoms with Gasteiger partial charge in [0.05, 0.1) is 27.0 Å². The fraction of sp³-hybridized carbons (Fsp3) is 0.188. The van der Waals surface area contributed by atoms with Crippen molar-refractivity contribution < 1.29 is 13.2 Å². The SMILES string of the molecule is Cc1ccc(NC(=O)CN(c2cc(Cl)c(Cl)cc2Cl)S(C)(=O)=O)cc1. The minimum absolute atomic E-state index is 0.0722. The van der Waals surface area contributed by atoms with Crippen molar-refractivity contribution in [3.63, 3.8) is 0 Å². The second kappa shape index (κ2) is 7.83. The zero-order chi connectivity index (χ0) is 18.8. The fourth-order valence-corrected chi connectivity index (χ4v) is 3.61. The minimum atomic E-state index is -3.78. The van der Waals surface area contributed by atoms with Crippen LogP contribution in [0, 0.1) is 6.92 Å². The summed E-state index contributed by atoms with van der Waals surface area (Å²) in [6, 6.07) is 9.76. The first-order chi connectivity index (χ1) is 11.6. The summed E-state index contributed by atoms with van der Waals surface area (Å²) in [6.07, 6.45) is 0.977. The molecule has 0 fully saturated rings. The maximum absolute atomic E-state index is 12.3. The lowest BCUT2D eigenvalue weighted by Gasteiger charge is -2.23. The molecule has 0 heterocycles. The molecule has 25 heavy (non-hydrogen) atoms. The van der Waals surface area contributed by atoms with E-state index in [9.17, 15) is 13.2 Å². The van der Waals surface area contributed by atoms with Crippen LogP contribution in [-0.2, 0) is 14.8 Å². The van der Waals surface area contributed by atoms with E-state index >= 15 is 0 Å². The summed E-state index contributed by atoms with van der Waals surface area (Å²) in [4.78, 5) is 12.3. The van der Waals surface area contributed by atoms with Crippen LogP contribution in [0.3, 0.4) is 0 Å². The van der Waals surface area contributed by atoms with Crippen molar-refractivity contribution >= 4 is 62.1 Å². The molecular weight excluding hydrogens is 407 g/mol. The van der Waals surface area contributed by atoms with Gasteiger partial charge in [-0.1, -0.05) is 52.5 Å². The van der Waals surface area contributed by atoms with Crippen molar-refractivity contribution in [1.29, 1.82) is 0 Å². The van der Waals surface area contributed by atoms with Crippen LogP contribution in [0.5, 0.6) is 0 Å². The fourth-order valence-electron chi connectivity index (χ4n) is 2.05. The van der Waals surface area contributed by atoms with Crippen LogP contribution in [0.1, 0.15) is 5.56 Å². The molecule has 0 atom stereocenters. The Balaban J connectivity index is 2.29. The highest BCUT2D eigenvalue weighted by atomic mass is 35.5. The Labute approximate surface area is 161 Å². The predicted molar refractivity (Wildman–Crippen MR) is 103 cm³/mol. The molecular formula is C16H15Cl3N2O3S. The molecule has 0 saturated heterocycles. The number of benzene rings is 2. The van der Waals surface area contributed by atoms with Gasteiger partial charge in [0.1, 0.15) is 6.54 Å². The molecule has 134 valence electrons. The molecule has 0 radical (unpaired) electrons. The number of aryl methyl sites for hydroxylation is 1. The lowest BCUT2D eigenvalue weighted by molar-refractivity contribution is -0.114. The highest BCUT2D eigenvalue weighted by molar-refractivity contribution is 7.92. The average molecular weight is 422 g/mol. The highest BCUT2D eigenvalue weighted by Crippen LogP contribution is 2.35. The van der Waals surface area contributed by atoms with Crippen LogP contribution in [0.15, 0.2) is 36.4 Å². The Morgan fingerprint density at radius 2 is 1.60 bits per heavy atom. The number of carbonyl (C=O) groups excluding carboxylic acids is 1. The Bertz CT molecular complexity index is 900. The Kier molecular flexibility index (Phi) is 6.21. The summed E-state index contributed by atoms with van der Waals surface area (Å²) < 4.78 is 25.1. The van der Waals surface area contributed by atoms with Crippen molar-refractivity contribution in [3.05, 3.63) is 57.0 Å². The topological polar surface area (TPSA) is 66.5 Å². The second-order valence-corrected chi connectivity index (χ2v) is 8.53. The summed E-state index contributed by atoms with van der Waals surface area (Å²) in [7, 11) is -3.78. The van der Waals surface area contributed by atoms with E-state index in [-0.39, 0.29) is 20.8 Å². The minimum Gasteiger partial charge on any atom is -0.325 e. The van der Waals surface area contributed by atoms with Crippen LogP contribution in [0.25, 0.3) is 0 Å². The van der Waals surface area contributed by atoms with Gasteiger partial charge in [-0.2, -0.15) is 0 Å². The molecule has 2 aromatic rings. The van der Waals surface area contributed by atoms with E-state index < -0.39 is 22.5 Å². The quantitative estimate of drug-likeness (QED) is 0.729. The standard InChI is InChI=1S/C16H15Cl3N2O3S/c1-10-3-5-11(6-4-10)20-16(22)9-21(25(2,23)24)15-8-13(18)12(17)7-14(15)19/h3-8H,9H2,1-2H3,(H,20,22). The van der Waals surface area contributed by atoms with Gasteiger partial charge in [0, 0.05) is 5.69 Å². The number of hydrogen-bond acceptors (Lipinski definition) is 3. The second-order valence-electron chi connectivity index (χ2n) is 5.40. The molecule has 0 unspecified atom stereocenters. The summed E-state index contributed by atoms with van der Waals surface area (Å²) in [5.74, 6) is -0.517. The summed E-state index contributed by atoms with van der Waals surface area (Å²) in [6.45, 7) is 1.47. The number of rotatable bonds is 5. The van der Waals surface area contributed by atoms with E-state index in [1.165, 1.54) is 12.1 Å². The van der Waals surface area contributed by atoms with Crippen LogP contribution in [-0.4, -0.2) is 27.1 Å². The summed E-state index contributed by atoms with van der Waals surface area (Å²) in [5.41, 5.74) is 1.68. The molecule has 1 amide bonds.